The van der Waals surface area contributed by atoms with Crippen LogP contribution in [0.15, 0.2) is 54.6 Å². The zero-order chi connectivity index (χ0) is 15.5. The molecule has 0 spiro atoms. The van der Waals surface area contributed by atoms with Gasteiger partial charge in [0.05, 0.1) is 11.6 Å². The number of rotatable bonds is 4. The first-order chi connectivity index (χ1) is 9.95. The number of hydrogen-bond donors (Lipinski definition) is 1. The van der Waals surface area contributed by atoms with E-state index in [9.17, 15) is 13.2 Å². The standard InChI is InChI=1S/C16H16F3NO/c1-21-15(11-7-3-2-4-8-11)14(20)12-9-5-6-10-13(12)16(17,18)19/h2-10,14-15H,20H2,1H3. The average Bonchev–Trinajstić information content (AvgIpc) is 2.48. The Hall–Kier alpha value is -1.85. The van der Waals surface area contributed by atoms with Crippen molar-refractivity contribution in [2.24, 2.45) is 5.73 Å². The molecule has 0 aromatic heterocycles. The molecular formula is C16H16F3NO. The second-order valence-corrected chi connectivity index (χ2v) is 4.68. The second kappa shape index (κ2) is 6.28. The van der Waals surface area contributed by atoms with E-state index in [1.807, 2.05) is 6.07 Å². The van der Waals surface area contributed by atoms with Gasteiger partial charge < -0.3 is 10.5 Å². The fourth-order valence-corrected chi connectivity index (χ4v) is 2.34. The lowest BCUT2D eigenvalue weighted by atomic mass is 9.92. The summed E-state index contributed by atoms with van der Waals surface area (Å²) >= 11 is 0. The summed E-state index contributed by atoms with van der Waals surface area (Å²) in [5, 5.41) is 0. The van der Waals surface area contributed by atoms with Gasteiger partial charge >= 0.3 is 6.18 Å². The molecule has 112 valence electrons. The third kappa shape index (κ3) is 3.43. The lowest BCUT2D eigenvalue weighted by Crippen LogP contribution is -2.24. The summed E-state index contributed by atoms with van der Waals surface area (Å²) in [6, 6.07) is 13.4. The Labute approximate surface area is 121 Å². The fourth-order valence-electron chi connectivity index (χ4n) is 2.34. The summed E-state index contributed by atoms with van der Waals surface area (Å²) < 4.78 is 44.6. The molecule has 0 aliphatic carbocycles. The number of methoxy groups -OCH3 is 1. The van der Waals surface area contributed by atoms with Crippen LogP contribution in [0.1, 0.15) is 28.8 Å². The molecule has 0 bridgehead atoms. The molecule has 2 aromatic carbocycles. The van der Waals surface area contributed by atoms with E-state index in [0.29, 0.717) is 0 Å². The van der Waals surface area contributed by atoms with Crippen LogP contribution in [-0.4, -0.2) is 7.11 Å². The van der Waals surface area contributed by atoms with E-state index in [1.165, 1.54) is 19.2 Å². The van der Waals surface area contributed by atoms with Crippen LogP contribution in [0.25, 0.3) is 0 Å². The van der Waals surface area contributed by atoms with Crippen LogP contribution in [0.4, 0.5) is 13.2 Å². The summed E-state index contributed by atoms with van der Waals surface area (Å²) in [4.78, 5) is 0. The zero-order valence-electron chi connectivity index (χ0n) is 11.5. The van der Waals surface area contributed by atoms with Crippen molar-refractivity contribution in [3.63, 3.8) is 0 Å². The molecule has 0 saturated heterocycles. The SMILES string of the molecule is COC(c1ccccc1)C(N)c1ccccc1C(F)(F)F. The van der Waals surface area contributed by atoms with Gasteiger partial charge in [0.1, 0.15) is 6.10 Å². The Balaban J connectivity index is 2.42. The third-order valence-corrected chi connectivity index (χ3v) is 3.33. The van der Waals surface area contributed by atoms with E-state index < -0.39 is 23.9 Å². The maximum atomic E-state index is 13.1. The molecule has 0 radical (unpaired) electrons. The number of nitrogens with two attached hydrogens (primary N) is 1. The quantitative estimate of drug-likeness (QED) is 0.922. The summed E-state index contributed by atoms with van der Waals surface area (Å²) in [5.74, 6) is 0. The van der Waals surface area contributed by atoms with Gasteiger partial charge in [0.25, 0.3) is 0 Å². The van der Waals surface area contributed by atoms with Gasteiger partial charge in [0.2, 0.25) is 0 Å². The molecular weight excluding hydrogens is 279 g/mol. The van der Waals surface area contributed by atoms with E-state index in [1.54, 1.807) is 30.3 Å². The summed E-state index contributed by atoms with van der Waals surface area (Å²) in [6.45, 7) is 0. The van der Waals surface area contributed by atoms with Crippen LogP contribution in [0.3, 0.4) is 0 Å². The summed E-state index contributed by atoms with van der Waals surface area (Å²) in [6.07, 6.45) is -5.09. The van der Waals surface area contributed by atoms with Crippen LogP contribution in [0.2, 0.25) is 0 Å². The molecule has 2 rings (SSSR count). The van der Waals surface area contributed by atoms with Crippen molar-refractivity contribution in [3.8, 4) is 0 Å². The van der Waals surface area contributed by atoms with Crippen LogP contribution in [-0.2, 0) is 10.9 Å². The van der Waals surface area contributed by atoms with Gasteiger partial charge in [-0.05, 0) is 17.2 Å². The molecule has 0 amide bonds. The molecule has 21 heavy (non-hydrogen) atoms. The molecule has 2 N–H and O–H groups in total. The van der Waals surface area contributed by atoms with Crippen LogP contribution >= 0.6 is 0 Å². The molecule has 2 aromatic rings. The van der Waals surface area contributed by atoms with Crippen molar-refractivity contribution < 1.29 is 17.9 Å². The minimum Gasteiger partial charge on any atom is -0.375 e. The van der Waals surface area contributed by atoms with Crippen molar-refractivity contribution in [1.29, 1.82) is 0 Å². The Morgan fingerprint density at radius 1 is 0.952 bits per heavy atom. The highest BCUT2D eigenvalue weighted by Crippen LogP contribution is 2.38. The van der Waals surface area contributed by atoms with Crippen molar-refractivity contribution in [3.05, 3.63) is 71.3 Å². The largest absolute Gasteiger partial charge is 0.416 e. The van der Waals surface area contributed by atoms with E-state index in [-0.39, 0.29) is 5.56 Å². The summed E-state index contributed by atoms with van der Waals surface area (Å²) in [5.41, 5.74) is 6.10. The van der Waals surface area contributed by atoms with Gasteiger partial charge in [-0.25, -0.2) is 0 Å². The normalized spacial score (nSPS) is 14.7. The lowest BCUT2D eigenvalue weighted by Gasteiger charge is -2.25. The molecule has 0 fully saturated rings. The maximum absolute atomic E-state index is 13.1. The van der Waals surface area contributed by atoms with Crippen molar-refractivity contribution in [1.82, 2.24) is 0 Å². The highest BCUT2D eigenvalue weighted by molar-refractivity contribution is 5.34. The zero-order valence-corrected chi connectivity index (χ0v) is 11.5. The smallest absolute Gasteiger partial charge is 0.375 e. The van der Waals surface area contributed by atoms with Gasteiger partial charge in [0.15, 0.2) is 0 Å². The topological polar surface area (TPSA) is 35.2 Å². The lowest BCUT2D eigenvalue weighted by molar-refractivity contribution is -0.138. The molecule has 2 nitrogen and oxygen atoms in total. The average molecular weight is 295 g/mol. The Morgan fingerprint density at radius 2 is 1.52 bits per heavy atom. The molecule has 2 unspecified atom stereocenters. The predicted octanol–water partition coefficient (Wildman–Crippen LogP) is 4.09. The number of alkyl halides is 3. The number of halogens is 3. The highest BCUT2D eigenvalue weighted by atomic mass is 19.4. The number of ether oxygens (including phenoxy) is 1. The number of benzene rings is 2. The molecule has 0 aliphatic heterocycles. The Bertz CT molecular complexity index is 584. The maximum Gasteiger partial charge on any atom is 0.416 e. The van der Waals surface area contributed by atoms with Crippen molar-refractivity contribution >= 4 is 0 Å². The number of hydrogen-bond acceptors (Lipinski definition) is 2. The fraction of sp³-hybridized carbons (Fsp3) is 0.250. The Morgan fingerprint density at radius 3 is 2.10 bits per heavy atom. The van der Waals surface area contributed by atoms with Gasteiger partial charge in [0, 0.05) is 7.11 Å². The second-order valence-electron chi connectivity index (χ2n) is 4.68. The monoisotopic (exact) mass is 295 g/mol. The van der Waals surface area contributed by atoms with Crippen LogP contribution in [0.5, 0.6) is 0 Å². The van der Waals surface area contributed by atoms with Crippen LogP contribution < -0.4 is 5.73 Å². The van der Waals surface area contributed by atoms with Gasteiger partial charge in [-0.1, -0.05) is 48.5 Å². The third-order valence-electron chi connectivity index (χ3n) is 3.33. The Kier molecular flexibility index (Phi) is 4.65. The van der Waals surface area contributed by atoms with Crippen molar-refractivity contribution in [2.45, 2.75) is 18.3 Å². The van der Waals surface area contributed by atoms with Gasteiger partial charge in [-0.3, -0.25) is 0 Å². The van der Waals surface area contributed by atoms with E-state index in [4.69, 9.17) is 10.5 Å². The van der Waals surface area contributed by atoms with Crippen molar-refractivity contribution in [2.75, 3.05) is 7.11 Å². The van der Waals surface area contributed by atoms with E-state index >= 15 is 0 Å². The first-order valence-electron chi connectivity index (χ1n) is 6.44. The first-order valence-corrected chi connectivity index (χ1v) is 6.44. The molecule has 2 atom stereocenters. The molecule has 5 heteroatoms. The van der Waals surface area contributed by atoms with Crippen LogP contribution in [0, 0.1) is 0 Å². The van der Waals surface area contributed by atoms with Gasteiger partial charge in [-0.15, -0.1) is 0 Å². The summed E-state index contributed by atoms with van der Waals surface area (Å²) in [7, 11) is 1.44. The molecule has 0 heterocycles. The van der Waals surface area contributed by atoms with E-state index in [0.717, 1.165) is 11.6 Å². The predicted molar refractivity (Wildman–Crippen MR) is 74.6 cm³/mol. The highest BCUT2D eigenvalue weighted by Gasteiger charge is 2.36. The van der Waals surface area contributed by atoms with E-state index in [2.05, 4.69) is 0 Å². The molecule has 0 saturated carbocycles. The first kappa shape index (κ1) is 15.5. The molecule has 0 aliphatic rings. The minimum atomic E-state index is -4.44. The van der Waals surface area contributed by atoms with Gasteiger partial charge in [-0.2, -0.15) is 13.2 Å². The minimum absolute atomic E-state index is 0.0284.